The fourth-order valence-corrected chi connectivity index (χ4v) is 5.51. The van der Waals surface area contributed by atoms with Gasteiger partial charge in [0.25, 0.3) is 0 Å². The maximum atomic E-state index is 12.7. The summed E-state index contributed by atoms with van der Waals surface area (Å²) >= 11 is 2.71. The highest BCUT2D eigenvalue weighted by Gasteiger charge is 2.24. The number of hydrogen-bond donors (Lipinski definition) is 1. The van der Waals surface area contributed by atoms with Crippen molar-refractivity contribution in [2.24, 2.45) is 5.92 Å². The Hall–Kier alpha value is -3.59. The second-order valence-corrected chi connectivity index (χ2v) is 10.7. The lowest BCUT2D eigenvalue weighted by Gasteiger charge is -2.13. The fourth-order valence-electron chi connectivity index (χ4n) is 3.01. The molecule has 1 N–H and O–H groups in total. The van der Waals surface area contributed by atoms with Gasteiger partial charge in [0, 0.05) is 6.42 Å². The quantitative estimate of drug-likeness (QED) is 0.342. The number of aryl methyl sites for hydroxylation is 1. The third-order valence-corrected chi connectivity index (χ3v) is 7.89. The van der Waals surface area contributed by atoms with Gasteiger partial charge < -0.3 is 4.18 Å². The molecule has 0 radical (unpaired) electrons. The van der Waals surface area contributed by atoms with Gasteiger partial charge in [-0.05, 0) is 42.1 Å². The van der Waals surface area contributed by atoms with Gasteiger partial charge in [0.15, 0.2) is 5.01 Å². The molecule has 0 saturated heterocycles. The Kier molecular flexibility index (Phi) is 7.02. The highest BCUT2D eigenvalue weighted by molar-refractivity contribution is 7.87. The standard InChI is InChI=1S/C23H18N4O4S3/c1-15-8-10-18(11-9-15)34(29,30)31-19-6-3-2-5-16(19)13-17(14-24)21(28)25-23-27-26-22(33-23)20-7-4-12-32-20/h2-12,17H,13H2,1H3,(H,25,27,28). The first-order valence-corrected chi connectivity index (χ1v) is 13.1. The van der Waals surface area contributed by atoms with E-state index in [1.807, 2.05) is 30.5 Å². The van der Waals surface area contributed by atoms with Crippen LogP contribution >= 0.6 is 22.7 Å². The molecule has 1 amide bonds. The molecule has 0 aliphatic carbocycles. The third kappa shape index (κ3) is 5.48. The Morgan fingerprint density at radius 3 is 2.59 bits per heavy atom. The number of thiophene rings is 1. The molecule has 0 aliphatic heterocycles. The van der Waals surface area contributed by atoms with E-state index in [4.69, 9.17) is 4.18 Å². The van der Waals surface area contributed by atoms with Crippen molar-refractivity contribution in [3.63, 3.8) is 0 Å². The lowest BCUT2D eigenvalue weighted by Crippen LogP contribution is -2.23. The first-order valence-electron chi connectivity index (χ1n) is 10.0. The minimum atomic E-state index is -4.08. The number of para-hydroxylation sites is 1. The SMILES string of the molecule is Cc1ccc(S(=O)(=O)Oc2ccccc2CC(C#N)C(=O)Nc2nnc(-c3cccs3)s2)cc1. The van der Waals surface area contributed by atoms with E-state index in [0.717, 1.165) is 10.4 Å². The van der Waals surface area contributed by atoms with Crippen LogP contribution in [0, 0.1) is 24.2 Å². The molecule has 34 heavy (non-hydrogen) atoms. The van der Waals surface area contributed by atoms with Gasteiger partial charge >= 0.3 is 10.1 Å². The van der Waals surface area contributed by atoms with E-state index in [0.29, 0.717) is 10.6 Å². The Morgan fingerprint density at radius 1 is 1.12 bits per heavy atom. The summed E-state index contributed by atoms with van der Waals surface area (Å²) in [6.07, 6.45) is -0.0431. The zero-order valence-electron chi connectivity index (χ0n) is 17.8. The summed E-state index contributed by atoms with van der Waals surface area (Å²) in [5.74, 6) is -1.60. The number of nitrogens with zero attached hydrogens (tertiary/aromatic N) is 3. The molecule has 0 fully saturated rings. The van der Waals surface area contributed by atoms with Crippen molar-refractivity contribution < 1.29 is 17.4 Å². The normalized spacial score (nSPS) is 12.0. The predicted octanol–water partition coefficient (Wildman–Crippen LogP) is 4.66. The van der Waals surface area contributed by atoms with Gasteiger partial charge in [-0.15, -0.1) is 21.5 Å². The van der Waals surface area contributed by atoms with Crippen molar-refractivity contribution in [3.8, 4) is 21.7 Å². The summed E-state index contributed by atoms with van der Waals surface area (Å²) in [7, 11) is -4.08. The number of aromatic nitrogens is 2. The Balaban J connectivity index is 1.49. The molecule has 1 unspecified atom stereocenters. The molecule has 4 rings (SSSR count). The van der Waals surface area contributed by atoms with Crippen LogP contribution in [0.1, 0.15) is 11.1 Å². The molecule has 0 bridgehead atoms. The van der Waals surface area contributed by atoms with E-state index in [2.05, 4.69) is 15.5 Å². The molecule has 0 aliphatic rings. The van der Waals surface area contributed by atoms with Crippen molar-refractivity contribution >= 4 is 43.8 Å². The zero-order chi connectivity index (χ0) is 24.1. The first kappa shape index (κ1) is 23.6. The third-order valence-electron chi connectivity index (χ3n) is 4.77. The highest BCUT2D eigenvalue weighted by atomic mass is 32.2. The fraction of sp³-hybridized carbons (Fsp3) is 0.130. The van der Waals surface area contributed by atoms with Gasteiger partial charge in [0.1, 0.15) is 16.6 Å². The Bertz CT molecular complexity index is 1440. The van der Waals surface area contributed by atoms with Crippen LogP contribution in [0.4, 0.5) is 5.13 Å². The van der Waals surface area contributed by atoms with Crippen LogP contribution in [0.15, 0.2) is 70.9 Å². The van der Waals surface area contributed by atoms with Crippen LogP contribution in [-0.2, 0) is 21.3 Å². The molecule has 4 aromatic rings. The molecular formula is C23H18N4O4S3. The molecule has 2 aromatic carbocycles. The molecule has 0 saturated carbocycles. The molecule has 172 valence electrons. The number of carbonyl (C=O) groups excluding carboxylic acids is 1. The largest absolute Gasteiger partial charge is 0.379 e. The van der Waals surface area contributed by atoms with Crippen LogP contribution in [0.25, 0.3) is 9.88 Å². The van der Waals surface area contributed by atoms with E-state index < -0.39 is 21.9 Å². The van der Waals surface area contributed by atoms with E-state index in [-0.39, 0.29) is 22.2 Å². The van der Waals surface area contributed by atoms with E-state index in [1.165, 1.54) is 40.9 Å². The molecule has 1 atom stereocenters. The van der Waals surface area contributed by atoms with Crippen LogP contribution < -0.4 is 9.50 Å². The van der Waals surface area contributed by atoms with Crippen molar-refractivity contribution in [3.05, 3.63) is 77.2 Å². The topological polar surface area (TPSA) is 122 Å². The van der Waals surface area contributed by atoms with Crippen molar-refractivity contribution in [2.75, 3.05) is 5.32 Å². The lowest BCUT2D eigenvalue weighted by molar-refractivity contribution is -0.118. The summed E-state index contributed by atoms with van der Waals surface area (Å²) in [6.45, 7) is 1.85. The molecule has 2 aromatic heterocycles. The number of nitriles is 1. The average molecular weight is 511 g/mol. The van der Waals surface area contributed by atoms with Crippen LogP contribution in [0.5, 0.6) is 5.75 Å². The minimum absolute atomic E-state index is 0.0142. The van der Waals surface area contributed by atoms with E-state index in [1.54, 1.807) is 30.3 Å². The van der Waals surface area contributed by atoms with Gasteiger partial charge in [-0.25, -0.2) is 0 Å². The molecular weight excluding hydrogens is 492 g/mol. The summed E-state index contributed by atoms with van der Waals surface area (Å²) < 4.78 is 30.8. The molecule has 8 nitrogen and oxygen atoms in total. The van der Waals surface area contributed by atoms with Crippen LogP contribution in [-0.4, -0.2) is 24.5 Å². The second-order valence-electron chi connectivity index (χ2n) is 7.22. The van der Waals surface area contributed by atoms with Crippen molar-refractivity contribution in [2.45, 2.75) is 18.2 Å². The molecule has 2 heterocycles. The number of amides is 1. The Morgan fingerprint density at radius 2 is 1.88 bits per heavy atom. The van der Waals surface area contributed by atoms with E-state index >= 15 is 0 Å². The summed E-state index contributed by atoms with van der Waals surface area (Å²) in [5.41, 5.74) is 1.33. The summed E-state index contributed by atoms with van der Waals surface area (Å²) in [6, 6.07) is 18.5. The second kappa shape index (κ2) is 10.1. The first-order chi connectivity index (χ1) is 16.4. The predicted molar refractivity (Wildman–Crippen MR) is 130 cm³/mol. The maximum Gasteiger partial charge on any atom is 0.339 e. The Labute approximate surface area is 204 Å². The average Bonchev–Trinajstić information content (AvgIpc) is 3.50. The number of nitrogens with one attached hydrogen (secondary N) is 1. The van der Waals surface area contributed by atoms with Gasteiger partial charge in [-0.3, -0.25) is 10.1 Å². The number of anilines is 1. The van der Waals surface area contributed by atoms with E-state index in [9.17, 15) is 18.5 Å². The molecule has 11 heteroatoms. The van der Waals surface area contributed by atoms with Gasteiger partial charge in [-0.1, -0.05) is 53.3 Å². The zero-order valence-corrected chi connectivity index (χ0v) is 20.3. The number of benzene rings is 2. The number of carbonyl (C=O) groups is 1. The van der Waals surface area contributed by atoms with Crippen molar-refractivity contribution in [1.29, 1.82) is 5.26 Å². The van der Waals surface area contributed by atoms with Gasteiger partial charge in [0.2, 0.25) is 11.0 Å². The van der Waals surface area contributed by atoms with Crippen LogP contribution in [0.2, 0.25) is 0 Å². The maximum absolute atomic E-state index is 12.7. The number of hydrogen-bond acceptors (Lipinski definition) is 9. The van der Waals surface area contributed by atoms with Crippen LogP contribution in [0.3, 0.4) is 0 Å². The highest BCUT2D eigenvalue weighted by Crippen LogP contribution is 2.30. The van der Waals surface area contributed by atoms with Gasteiger partial charge in [0.05, 0.1) is 10.9 Å². The molecule has 0 spiro atoms. The van der Waals surface area contributed by atoms with Crippen molar-refractivity contribution in [1.82, 2.24) is 10.2 Å². The van der Waals surface area contributed by atoms with Gasteiger partial charge in [-0.2, -0.15) is 13.7 Å². The lowest BCUT2D eigenvalue weighted by atomic mass is 9.99. The minimum Gasteiger partial charge on any atom is -0.379 e. The summed E-state index contributed by atoms with van der Waals surface area (Å²) in [4.78, 5) is 13.7. The number of rotatable bonds is 8. The summed E-state index contributed by atoms with van der Waals surface area (Å²) in [5, 5.41) is 23.1. The smallest absolute Gasteiger partial charge is 0.339 e. The monoisotopic (exact) mass is 510 g/mol.